The molecule has 0 aliphatic heterocycles. The summed E-state index contributed by atoms with van der Waals surface area (Å²) in [6, 6.07) is 9.53. The lowest BCUT2D eigenvalue weighted by Gasteiger charge is -2.29. The van der Waals surface area contributed by atoms with Gasteiger partial charge in [-0.25, -0.2) is 4.98 Å². The predicted molar refractivity (Wildman–Crippen MR) is 85.6 cm³/mol. The smallest absolute Gasteiger partial charge is 0.252 e. The SMILES string of the molecule is C[C@H]1CCCC[C@@H]1NC(=O)c1cc(Cl)nc2ccccc12. The van der Waals surface area contributed by atoms with Gasteiger partial charge in [-0.15, -0.1) is 0 Å². The largest absolute Gasteiger partial charge is 0.349 e. The van der Waals surface area contributed by atoms with Crippen molar-refractivity contribution in [3.63, 3.8) is 0 Å². The van der Waals surface area contributed by atoms with Crippen molar-refractivity contribution in [3.8, 4) is 0 Å². The van der Waals surface area contributed by atoms with Crippen molar-refractivity contribution >= 4 is 28.4 Å². The molecule has 110 valence electrons. The second-order valence-electron chi connectivity index (χ2n) is 5.85. The van der Waals surface area contributed by atoms with Crippen LogP contribution in [0.3, 0.4) is 0 Å². The van der Waals surface area contributed by atoms with Crippen LogP contribution >= 0.6 is 11.6 Å². The number of para-hydroxylation sites is 1. The standard InChI is InChI=1S/C17H19ClN2O/c1-11-6-2-4-8-14(11)20-17(21)13-10-16(18)19-15-9-5-3-7-12(13)15/h3,5,7,9-11,14H,2,4,6,8H2,1H3,(H,20,21)/t11-,14-/m0/s1. The normalized spacial score (nSPS) is 22.2. The fraction of sp³-hybridized carbons (Fsp3) is 0.412. The summed E-state index contributed by atoms with van der Waals surface area (Å²) in [6.45, 7) is 2.21. The lowest BCUT2D eigenvalue weighted by Crippen LogP contribution is -2.41. The minimum atomic E-state index is -0.0470. The Kier molecular flexibility index (Phi) is 4.11. The number of nitrogens with one attached hydrogen (secondary N) is 1. The predicted octanol–water partition coefficient (Wildman–Crippen LogP) is 4.20. The van der Waals surface area contributed by atoms with E-state index in [1.165, 1.54) is 19.3 Å². The van der Waals surface area contributed by atoms with E-state index >= 15 is 0 Å². The summed E-state index contributed by atoms with van der Waals surface area (Å²) in [6.07, 6.45) is 4.69. The van der Waals surface area contributed by atoms with E-state index in [1.807, 2.05) is 24.3 Å². The maximum atomic E-state index is 12.6. The minimum absolute atomic E-state index is 0.0470. The topological polar surface area (TPSA) is 42.0 Å². The minimum Gasteiger partial charge on any atom is -0.349 e. The van der Waals surface area contributed by atoms with Crippen LogP contribution in [0.1, 0.15) is 43.0 Å². The molecule has 1 N–H and O–H groups in total. The fourth-order valence-electron chi connectivity index (χ4n) is 3.11. The second-order valence-corrected chi connectivity index (χ2v) is 6.24. The van der Waals surface area contributed by atoms with Crippen molar-refractivity contribution in [1.29, 1.82) is 0 Å². The van der Waals surface area contributed by atoms with Crippen molar-refractivity contribution < 1.29 is 4.79 Å². The molecule has 3 rings (SSSR count). The Morgan fingerprint density at radius 3 is 2.86 bits per heavy atom. The summed E-state index contributed by atoms with van der Waals surface area (Å²) >= 11 is 6.05. The maximum absolute atomic E-state index is 12.6. The van der Waals surface area contributed by atoms with Gasteiger partial charge in [0.25, 0.3) is 5.91 Å². The molecular weight excluding hydrogens is 284 g/mol. The maximum Gasteiger partial charge on any atom is 0.252 e. The molecule has 2 aromatic rings. The van der Waals surface area contributed by atoms with Crippen LogP contribution in [-0.2, 0) is 0 Å². The highest BCUT2D eigenvalue weighted by Gasteiger charge is 2.24. The average Bonchev–Trinajstić information content (AvgIpc) is 2.48. The van der Waals surface area contributed by atoms with Gasteiger partial charge < -0.3 is 5.32 Å². The third-order valence-electron chi connectivity index (χ3n) is 4.36. The first kappa shape index (κ1) is 14.3. The summed E-state index contributed by atoms with van der Waals surface area (Å²) in [7, 11) is 0. The van der Waals surface area contributed by atoms with Gasteiger partial charge in [0.05, 0.1) is 11.1 Å². The first-order chi connectivity index (χ1) is 10.1. The Labute approximate surface area is 129 Å². The molecular formula is C17H19ClN2O. The van der Waals surface area contributed by atoms with Gasteiger partial charge in [0, 0.05) is 11.4 Å². The number of hydrogen-bond donors (Lipinski definition) is 1. The van der Waals surface area contributed by atoms with E-state index in [2.05, 4.69) is 17.2 Å². The summed E-state index contributed by atoms with van der Waals surface area (Å²) in [4.78, 5) is 16.9. The van der Waals surface area contributed by atoms with Crippen LogP contribution in [0.5, 0.6) is 0 Å². The van der Waals surface area contributed by atoms with Gasteiger partial charge in [-0.1, -0.05) is 49.6 Å². The number of nitrogens with zero attached hydrogens (tertiary/aromatic N) is 1. The van der Waals surface area contributed by atoms with E-state index in [1.54, 1.807) is 6.07 Å². The number of pyridine rings is 1. The number of aromatic nitrogens is 1. The van der Waals surface area contributed by atoms with Crippen molar-refractivity contribution in [1.82, 2.24) is 10.3 Å². The number of hydrogen-bond acceptors (Lipinski definition) is 2. The molecule has 1 aromatic carbocycles. The lowest BCUT2D eigenvalue weighted by molar-refractivity contribution is 0.0912. The van der Waals surface area contributed by atoms with E-state index in [0.717, 1.165) is 17.3 Å². The molecule has 3 nitrogen and oxygen atoms in total. The van der Waals surface area contributed by atoms with Gasteiger partial charge in [0.2, 0.25) is 0 Å². The molecule has 0 unspecified atom stereocenters. The molecule has 1 fully saturated rings. The van der Waals surface area contributed by atoms with Crippen molar-refractivity contribution in [2.75, 3.05) is 0 Å². The number of carbonyl (C=O) groups excluding carboxylic acids is 1. The van der Waals surface area contributed by atoms with Crippen LogP contribution in [0.4, 0.5) is 0 Å². The number of carbonyl (C=O) groups is 1. The Bertz CT molecular complexity index is 671. The third kappa shape index (κ3) is 3.03. The van der Waals surface area contributed by atoms with Crippen molar-refractivity contribution in [3.05, 3.63) is 41.0 Å². The quantitative estimate of drug-likeness (QED) is 0.845. The average molecular weight is 303 g/mol. The number of rotatable bonds is 2. The highest BCUT2D eigenvalue weighted by molar-refractivity contribution is 6.30. The van der Waals surface area contributed by atoms with Crippen molar-refractivity contribution in [2.45, 2.75) is 38.6 Å². The molecule has 0 saturated heterocycles. The summed E-state index contributed by atoms with van der Waals surface area (Å²) in [5.41, 5.74) is 1.37. The second kappa shape index (κ2) is 6.02. The van der Waals surface area contributed by atoms with E-state index < -0.39 is 0 Å². The molecule has 1 saturated carbocycles. The zero-order chi connectivity index (χ0) is 14.8. The number of benzene rings is 1. The zero-order valence-corrected chi connectivity index (χ0v) is 12.9. The van der Waals surface area contributed by atoms with Crippen molar-refractivity contribution in [2.24, 2.45) is 5.92 Å². The van der Waals surface area contributed by atoms with Gasteiger partial charge in [0.15, 0.2) is 0 Å². The van der Waals surface area contributed by atoms with Crippen LogP contribution in [0.15, 0.2) is 30.3 Å². The van der Waals surface area contributed by atoms with E-state index in [-0.39, 0.29) is 11.9 Å². The van der Waals surface area contributed by atoms with E-state index in [0.29, 0.717) is 16.6 Å². The molecule has 21 heavy (non-hydrogen) atoms. The first-order valence-corrected chi connectivity index (χ1v) is 7.89. The number of halogens is 1. The Balaban J connectivity index is 1.90. The molecule has 1 aromatic heterocycles. The third-order valence-corrected chi connectivity index (χ3v) is 4.55. The Hall–Kier alpha value is -1.61. The molecule has 1 aliphatic carbocycles. The number of amides is 1. The zero-order valence-electron chi connectivity index (χ0n) is 12.1. The van der Waals surface area contributed by atoms with Gasteiger partial charge in [-0.2, -0.15) is 0 Å². The van der Waals surface area contributed by atoms with Crippen LogP contribution in [0.25, 0.3) is 10.9 Å². The van der Waals surface area contributed by atoms with Gasteiger partial charge in [-0.05, 0) is 30.9 Å². The number of fused-ring (bicyclic) bond motifs is 1. The molecule has 0 radical (unpaired) electrons. The molecule has 0 spiro atoms. The Morgan fingerprint density at radius 1 is 1.29 bits per heavy atom. The van der Waals surface area contributed by atoms with Gasteiger partial charge in [-0.3, -0.25) is 4.79 Å². The van der Waals surface area contributed by atoms with E-state index in [9.17, 15) is 4.79 Å². The lowest BCUT2D eigenvalue weighted by atomic mass is 9.86. The highest BCUT2D eigenvalue weighted by Crippen LogP contribution is 2.25. The Morgan fingerprint density at radius 2 is 2.05 bits per heavy atom. The monoisotopic (exact) mass is 302 g/mol. The van der Waals surface area contributed by atoms with Gasteiger partial charge in [0.1, 0.15) is 5.15 Å². The van der Waals surface area contributed by atoms with Gasteiger partial charge >= 0.3 is 0 Å². The first-order valence-electron chi connectivity index (χ1n) is 7.51. The van der Waals surface area contributed by atoms with Crippen LogP contribution < -0.4 is 5.32 Å². The summed E-state index contributed by atoms with van der Waals surface area (Å²) in [5, 5.41) is 4.39. The molecule has 1 heterocycles. The highest BCUT2D eigenvalue weighted by atomic mass is 35.5. The summed E-state index contributed by atoms with van der Waals surface area (Å²) in [5.74, 6) is 0.487. The van der Waals surface area contributed by atoms with E-state index in [4.69, 9.17) is 11.6 Å². The molecule has 1 amide bonds. The van der Waals surface area contributed by atoms with Crippen LogP contribution in [-0.4, -0.2) is 16.9 Å². The molecule has 4 heteroatoms. The molecule has 2 atom stereocenters. The summed E-state index contributed by atoms with van der Waals surface area (Å²) < 4.78 is 0. The molecule has 1 aliphatic rings. The van der Waals surface area contributed by atoms with Crippen LogP contribution in [0, 0.1) is 5.92 Å². The molecule has 0 bridgehead atoms. The van der Waals surface area contributed by atoms with Crippen LogP contribution in [0.2, 0.25) is 5.15 Å². The fourth-order valence-corrected chi connectivity index (χ4v) is 3.31.